The zero-order chi connectivity index (χ0) is 8.97. The van der Waals surface area contributed by atoms with E-state index >= 15 is 0 Å². The topological polar surface area (TPSA) is 24.9 Å². The Morgan fingerprint density at radius 1 is 1.58 bits per heavy atom. The summed E-state index contributed by atoms with van der Waals surface area (Å²) in [6.07, 6.45) is 1.85. The zero-order valence-corrected chi connectivity index (χ0v) is 7.54. The van der Waals surface area contributed by atoms with Gasteiger partial charge < -0.3 is 5.32 Å². The van der Waals surface area contributed by atoms with Crippen LogP contribution in [-0.2, 0) is 0 Å². The van der Waals surface area contributed by atoms with Crippen molar-refractivity contribution in [3.05, 3.63) is 42.2 Å². The number of likely N-dealkylation sites (N-methyl/N-ethyl adjacent to an activating group) is 1. The number of nitrogens with zero attached hydrogens (tertiary/aromatic N) is 1. The summed E-state index contributed by atoms with van der Waals surface area (Å²) in [4.78, 5) is 4.38. The van der Waals surface area contributed by atoms with Crippen LogP contribution in [0.4, 0.5) is 0 Å². The van der Waals surface area contributed by atoms with Crippen molar-refractivity contribution >= 4 is 0 Å². The summed E-state index contributed by atoms with van der Waals surface area (Å²) in [6.45, 7) is 5.72. The van der Waals surface area contributed by atoms with Gasteiger partial charge in [0.25, 0.3) is 0 Å². The minimum atomic E-state index is 0.157. The minimum Gasteiger partial charge on any atom is -0.309 e. The lowest BCUT2D eigenvalue weighted by molar-refractivity contribution is 0.691. The first-order valence-corrected chi connectivity index (χ1v) is 4.01. The van der Waals surface area contributed by atoms with Gasteiger partial charge in [0.1, 0.15) is 0 Å². The molecule has 64 valence electrons. The maximum absolute atomic E-state index is 4.38. The molecule has 1 N–H and O–H groups in total. The zero-order valence-electron chi connectivity index (χ0n) is 7.54. The second kappa shape index (κ2) is 4.02. The number of rotatable bonds is 3. The van der Waals surface area contributed by atoms with Crippen molar-refractivity contribution in [3.8, 4) is 0 Å². The van der Waals surface area contributed by atoms with Gasteiger partial charge in [0.2, 0.25) is 0 Å². The van der Waals surface area contributed by atoms with E-state index in [-0.39, 0.29) is 6.04 Å². The molecule has 1 aromatic heterocycles. The maximum Gasteiger partial charge on any atom is 0.0676 e. The van der Waals surface area contributed by atoms with Crippen molar-refractivity contribution in [2.45, 2.75) is 13.0 Å². The van der Waals surface area contributed by atoms with Gasteiger partial charge in [-0.2, -0.15) is 0 Å². The van der Waals surface area contributed by atoms with Gasteiger partial charge in [-0.05, 0) is 26.1 Å². The Kier molecular flexibility index (Phi) is 3.00. The summed E-state index contributed by atoms with van der Waals surface area (Å²) in [5.41, 5.74) is 2.06. The van der Waals surface area contributed by atoms with Gasteiger partial charge in [-0.1, -0.05) is 12.1 Å². The van der Waals surface area contributed by atoms with Crippen molar-refractivity contribution in [1.82, 2.24) is 10.3 Å². The molecular weight excluding hydrogens is 148 g/mol. The van der Waals surface area contributed by atoms with E-state index in [1.165, 1.54) is 0 Å². The summed E-state index contributed by atoms with van der Waals surface area (Å²) < 4.78 is 0. The molecule has 1 atom stereocenters. The fraction of sp³-hybridized carbons (Fsp3) is 0.300. The summed E-state index contributed by atoms with van der Waals surface area (Å²) in [7, 11) is 1.90. The lowest BCUT2D eigenvalue weighted by Crippen LogP contribution is -2.15. The first-order chi connectivity index (χ1) is 5.77. The van der Waals surface area contributed by atoms with Crippen molar-refractivity contribution in [3.63, 3.8) is 0 Å². The van der Waals surface area contributed by atoms with E-state index in [9.17, 15) is 0 Å². The Balaban J connectivity index is 2.93. The van der Waals surface area contributed by atoms with Gasteiger partial charge >= 0.3 is 0 Å². The van der Waals surface area contributed by atoms with Crippen LogP contribution in [0.15, 0.2) is 30.9 Å². The Labute approximate surface area is 73.3 Å². The van der Waals surface area contributed by atoms with Gasteiger partial charge in [0.05, 0.1) is 11.7 Å². The molecule has 2 nitrogen and oxygen atoms in total. The van der Waals surface area contributed by atoms with Gasteiger partial charge in [-0.15, -0.1) is 6.58 Å². The standard InChI is InChI=1S/C10H14N2/c1-4-9(11-3)10-7-5-6-8(2)12-10/h4-7,9,11H,1H2,2-3H3. The van der Waals surface area contributed by atoms with Crippen LogP contribution in [0.1, 0.15) is 17.4 Å². The van der Waals surface area contributed by atoms with E-state index in [2.05, 4.69) is 16.9 Å². The third-order valence-corrected chi connectivity index (χ3v) is 1.78. The smallest absolute Gasteiger partial charge is 0.0676 e. The number of hydrogen-bond acceptors (Lipinski definition) is 2. The summed E-state index contributed by atoms with van der Waals surface area (Å²) in [5.74, 6) is 0. The van der Waals surface area contributed by atoms with E-state index in [4.69, 9.17) is 0 Å². The van der Waals surface area contributed by atoms with Crippen molar-refractivity contribution in [2.24, 2.45) is 0 Å². The van der Waals surface area contributed by atoms with E-state index in [0.717, 1.165) is 11.4 Å². The molecule has 1 rings (SSSR count). The van der Waals surface area contributed by atoms with Gasteiger partial charge in [0.15, 0.2) is 0 Å². The number of aromatic nitrogens is 1. The predicted octanol–water partition coefficient (Wildman–Crippen LogP) is 1.84. The van der Waals surface area contributed by atoms with E-state index < -0.39 is 0 Å². The Hall–Kier alpha value is -1.15. The van der Waals surface area contributed by atoms with E-state index in [1.54, 1.807) is 0 Å². The molecule has 0 aromatic carbocycles. The molecular formula is C10H14N2. The molecule has 1 unspecified atom stereocenters. The minimum absolute atomic E-state index is 0.157. The molecule has 0 aliphatic carbocycles. The average molecular weight is 162 g/mol. The molecule has 0 radical (unpaired) electrons. The van der Waals surface area contributed by atoms with Crippen LogP contribution in [-0.4, -0.2) is 12.0 Å². The van der Waals surface area contributed by atoms with Crippen LogP contribution in [0.25, 0.3) is 0 Å². The third-order valence-electron chi connectivity index (χ3n) is 1.78. The lowest BCUT2D eigenvalue weighted by Gasteiger charge is -2.10. The van der Waals surface area contributed by atoms with Gasteiger partial charge in [-0.3, -0.25) is 4.98 Å². The molecule has 0 fully saturated rings. The molecule has 0 saturated heterocycles. The van der Waals surface area contributed by atoms with E-state index in [1.807, 2.05) is 38.2 Å². The Morgan fingerprint density at radius 2 is 2.33 bits per heavy atom. The van der Waals surface area contributed by atoms with Crippen LogP contribution in [0, 0.1) is 6.92 Å². The molecule has 1 aromatic rings. The monoisotopic (exact) mass is 162 g/mol. The van der Waals surface area contributed by atoms with Crippen LogP contribution < -0.4 is 5.32 Å². The third kappa shape index (κ3) is 1.92. The Morgan fingerprint density at radius 3 is 2.83 bits per heavy atom. The highest BCUT2D eigenvalue weighted by molar-refractivity contribution is 5.16. The second-order valence-corrected chi connectivity index (χ2v) is 2.71. The highest BCUT2D eigenvalue weighted by Gasteiger charge is 2.04. The Bertz CT molecular complexity index is 268. The van der Waals surface area contributed by atoms with Crippen molar-refractivity contribution < 1.29 is 0 Å². The molecule has 0 saturated carbocycles. The molecule has 12 heavy (non-hydrogen) atoms. The molecule has 0 aliphatic rings. The summed E-state index contributed by atoms with van der Waals surface area (Å²) >= 11 is 0. The van der Waals surface area contributed by atoms with Crippen LogP contribution in [0.5, 0.6) is 0 Å². The van der Waals surface area contributed by atoms with E-state index in [0.29, 0.717) is 0 Å². The first-order valence-electron chi connectivity index (χ1n) is 4.01. The number of hydrogen-bond donors (Lipinski definition) is 1. The molecule has 0 amide bonds. The van der Waals surface area contributed by atoms with Crippen molar-refractivity contribution in [2.75, 3.05) is 7.05 Å². The summed E-state index contributed by atoms with van der Waals surface area (Å²) in [5, 5.41) is 3.11. The van der Waals surface area contributed by atoms with Crippen LogP contribution in [0.3, 0.4) is 0 Å². The largest absolute Gasteiger partial charge is 0.309 e. The average Bonchev–Trinajstić information content (AvgIpc) is 2.07. The van der Waals surface area contributed by atoms with Crippen LogP contribution in [0.2, 0.25) is 0 Å². The SMILES string of the molecule is C=CC(NC)c1cccc(C)n1. The van der Waals surface area contributed by atoms with Crippen LogP contribution >= 0.6 is 0 Å². The summed E-state index contributed by atoms with van der Waals surface area (Å²) in [6, 6.07) is 6.14. The first kappa shape index (κ1) is 8.94. The van der Waals surface area contributed by atoms with Crippen molar-refractivity contribution in [1.29, 1.82) is 0 Å². The molecule has 1 heterocycles. The molecule has 0 aliphatic heterocycles. The highest BCUT2D eigenvalue weighted by Crippen LogP contribution is 2.10. The fourth-order valence-electron chi connectivity index (χ4n) is 1.12. The maximum atomic E-state index is 4.38. The highest BCUT2D eigenvalue weighted by atomic mass is 14.9. The van der Waals surface area contributed by atoms with Gasteiger partial charge in [0, 0.05) is 5.69 Å². The normalized spacial score (nSPS) is 12.5. The predicted molar refractivity (Wildman–Crippen MR) is 51.0 cm³/mol. The number of pyridine rings is 1. The second-order valence-electron chi connectivity index (χ2n) is 2.71. The molecule has 0 bridgehead atoms. The number of aryl methyl sites for hydroxylation is 1. The fourth-order valence-corrected chi connectivity index (χ4v) is 1.12. The number of nitrogens with one attached hydrogen (secondary N) is 1. The lowest BCUT2D eigenvalue weighted by atomic mass is 10.2. The molecule has 2 heteroatoms. The van der Waals surface area contributed by atoms with Gasteiger partial charge in [-0.25, -0.2) is 0 Å². The quantitative estimate of drug-likeness (QED) is 0.686. The molecule has 0 spiro atoms.